The second-order valence-corrected chi connectivity index (χ2v) is 5.77. The summed E-state index contributed by atoms with van der Waals surface area (Å²) in [5.74, 6) is 0.260. The van der Waals surface area contributed by atoms with Gasteiger partial charge in [0.15, 0.2) is 12.7 Å². The Balaban J connectivity index is 1.75. The number of methoxy groups -OCH3 is 1. The average molecular weight is 357 g/mol. The fraction of sp³-hybridized carbons (Fsp3) is 0.300. The molecule has 6 heteroatoms. The molecular weight excluding hydrogens is 334 g/mol. The van der Waals surface area contributed by atoms with Crippen molar-refractivity contribution in [2.45, 2.75) is 26.5 Å². The largest absolute Gasteiger partial charge is 0.496 e. The molecule has 0 aliphatic heterocycles. The maximum atomic E-state index is 11.9. The van der Waals surface area contributed by atoms with Crippen LogP contribution in [0.5, 0.6) is 11.5 Å². The van der Waals surface area contributed by atoms with Crippen LogP contribution in [0.1, 0.15) is 18.1 Å². The van der Waals surface area contributed by atoms with Crippen molar-refractivity contribution in [3.63, 3.8) is 0 Å². The number of nitrogens with one attached hydrogen (secondary N) is 1. The molecule has 2 aromatic carbocycles. The molecule has 0 radical (unpaired) electrons. The third-order valence-corrected chi connectivity index (χ3v) is 3.68. The monoisotopic (exact) mass is 357 g/mol. The molecule has 0 spiro atoms. The van der Waals surface area contributed by atoms with Crippen LogP contribution in [0, 0.1) is 6.92 Å². The van der Waals surface area contributed by atoms with Crippen LogP contribution < -0.4 is 14.8 Å². The van der Waals surface area contributed by atoms with Gasteiger partial charge >= 0.3 is 5.97 Å². The number of ether oxygens (including phenoxy) is 3. The molecule has 138 valence electrons. The topological polar surface area (TPSA) is 73.9 Å². The number of hydrogen-bond acceptors (Lipinski definition) is 5. The molecule has 0 bridgehead atoms. The third-order valence-electron chi connectivity index (χ3n) is 3.68. The zero-order valence-corrected chi connectivity index (χ0v) is 15.2. The van der Waals surface area contributed by atoms with Gasteiger partial charge in [-0.3, -0.25) is 4.79 Å². The Bertz CT molecular complexity index is 742. The maximum absolute atomic E-state index is 11.9. The molecule has 1 amide bonds. The number of aryl methyl sites for hydroxylation is 1. The van der Waals surface area contributed by atoms with E-state index in [0.717, 1.165) is 11.1 Å². The van der Waals surface area contributed by atoms with Crippen LogP contribution in [0.25, 0.3) is 0 Å². The number of hydrogen-bond donors (Lipinski definition) is 1. The number of rotatable bonds is 8. The molecule has 0 aliphatic rings. The molecule has 0 heterocycles. The van der Waals surface area contributed by atoms with Gasteiger partial charge in [0, 0.05) is 12.1 Å². The van der Waals surface area contributed by atoms with Gasteiger partial charge in [0.25, 0.3) is 5.91 Å². The molecule has 1 unspecified atom stereocenters. The van der Waals surface area contributed by atoms with Crippen molar-refractivity contribution in [2.75, 3.05) is 13.7 Å². The van der Waals surface area contributed by atoms with Crippen molar-refractivity contribution in [2.24, 2.45) is 0 Å². The Labute approximate surface area is 153 Å². The molecule has 2 aromatic rings. The summed E-state index contributed by atoms with van der Waals surface area (Å²) in [5, 5.41) is 2.69. The van der Waals surface area contributed by atoms with Gasteiger partial charge in [-0.05, 0) is 32.0 Å². The van der Waals surface area contributed by atoms with E-state index in [1.807, 2.05) is 43.3 Å². The number of benzene rings is 2. The molecule has 0 saturated carbocycles. The maximum Gasteiger partial charge on any atom is 0.347 e. The summed E-state index contributed by atoms with van der Waals surface area (Å²) in [7, 11) is 1.57. The minimum absolute atomic E-state index is 0.288. The van der Waals surface area contributed by atoms with Crippen LogP contribution in [0.15, 0.2) is 48.5 Å². The highest BCUT2D eigenvalue weighted by atomic mass is 16.6. The minimum atomic E-state index is -0.806. The van der Waals surface area contributed by atoms with Crippen molar-refractivity contribution < 1.29 is 23.8 Å². The van der Waals surface area contributed by atoms with Crippen LogP contribution in [-0.4, -0.2) is 31.7 Å². The van der Waals surface area contributed by atoms with Crippen LogP contribution >= 0.6 is 0 Å². The summed E-state index contributed by atoms with van der Waals surface area (Å²) in [4.78, 5) is 23.8. The van der Waals surface area contributed by atoms with E-state index >= 15 is 0 Å². The second-order valence-electron chi connectivity index (χ2n) is 5.77. The predicted molar refractivity (Wildman–Crippen MR) is 97.1 cm³/mol. The first kappa shape index (κ1) is 19.3. The number of para-hydroxylation sites is 1. The van der Waals surface area contributed by atoms with Gasteiger partial charge in [-0.1, -0.05) is 35.9 Å². The zero-order chi connectivity index (χ0) is 18.9. The molecule has 0 fully saturated rings. The van der Waals surface area contributed by atoms with Crippen molar-refractivity contribution in [3.8, 4) is 11.5 Å². The molecule has 2 rings (SSSR count). The lowest BCUT2D eigenvalue weighted by Crippen LogP contribution is -2.32. The lowest BCUT2D eigenvalue weighted by atomic mass is 10.2. The highest BCUT2D eigenvalue weighted by molar-refractivity contribution is 5.82. The summed E-state index contributed by atoms with van der Waals surface area (Å²) in [5.41, 5.74) is 1.94. The Morgan fingerprint density at radius 2 is 1.77 bits per heavy atom. The summed E-state index contributed by atoms with van der Waals surface area (Å²) in [6.07, 6.45) is -0.806. The van der Waals surface area contributed by atoms with E-state index in [2.05, 4.69) is 5.32 Å². The van der Waals surface area contributed by atoms with Gasteiger partial charge in [-0.25, -0.2) is 4.79 Å². The SMILES string of the molecule is COc1ccccc1CNC(=O)COC(=O)C(C)Oc1ccc(C)cc1. The second kappa shape index (κ2) is 9.46. The Hall–Kier alpha value is -3.02. The van der Waals surface area contributed by atoms with E-state index in [9.17, 15) is 9.59 Å². The van der Waals surface area contributed by atoms with Crippen LogP contribution in [0.4, 0.5) is 0 Å². The van der Waals surface area contributed by atoms with E-state index in [4.69, 9.17) is 14.2 Å². The van der Waals surface area contributed by atoms with Crippen molar-refractivity contribution in [1.29, 1.82) is 0 Å². The minimum Gasteiger partial charge on any atom is -0.496 e. The Morgan fingerprint density at radius 3 is 2.46 bits per heavy atom. The highest BCUT2D eigenvalue weighted by Crippen LogP contribution is 2.16. The van der Waals surface area contributed by atoms with E-state index in [1.165, 1.54) is 0 Å². The van der Waals surface area contributed by atoms with Crippen LogP contribution in [0.3, 0.4) is 0 Å². The molecule has 1 atom stereocenters. The third kappa shape index (κ3) is 5.81. The summed E-state index contributed by atoms with van der Waals surface area (Å²) in [6.45, 7) is 3.46. The van der Waals surface area contributed by atoms with Gasteiger partial charge in [-0.2, -0.15) is 0 Å². The summed E-state index contributed by atoms with van der Waals surface area (Å²) >= 11 is 0. The molecule has 6 nitrogen and oxygen atoms in total. The molecular formula is C20H23NO5. The van der Waals surface area contributed by atoms with Gasteiger partial charge in [0.2, 0.25) is 0 Å². The van der Waals surface area contributed by atoms with Crippen LogP contribution in [0.2, 0.25) is 0 Å². The number of carbonyl (C=O) groups is 2. The van der Waals surface area contributed by atoms with Crippen molar-refractivity contribution >= 4 is 11.9 Å². The Kier molecular flexibility index (Phi) is 7.02. The molecule has 26 heavy (non-hydrogen) atoms. The highest BCUT2D eigenvalue weighted by Gasteiger charge is 2.17. The predicted octanol–water partition coefficient (Wildman–Crippen LogP) is 2.63. The first-order chi connectivity index (χ1) is 12.5. The van der Waals surface area contributed by atoms with Gasteiger partial charge in [0.1, 0.15) is 11.5 Å². The Morgan fingerprint density at radius 1 is 1.08 bits per heavy atom. The first-order valence-electron chi connectivity index (χ1n) is 8.28. The van der Waals surface area contributed by atoms with E-state index in [0.29, 0.717) is 11.5 Å². The zero-order valence-electron chi connectivity index (χ0n) is 15.2. The van der Waals surface area contributed by atoms with Crippen molar-refractivity contribution in [3.05, 3.63) is 59.7 Å². The summed E-state index contributed by atoms with van der Waals surface area (Å²) in [6, 6.07) is 14.7. The average Bonchev–Trinajstić information content (AvgIpc) is 2.66. The summed E-state index contributed by atoms with van der Waals surface area (Å²) < 4.78 is 15.7. The molecule has 0 aromatic heterocycles. The quantitative estimate of drug-likeness (QED) is 0.735. The van der Waals surface area contributed by atoms with E-state index in [-0.39, 0.29) is 13.2 Å². The van der Waals surface area contributed by atoms with Crippen LogP contribution in [-0.2, 0) is 20.9 Å². The van der Waals surface area contributed by atoms with Gasteiger partial charge in [0.05, 0.1) is 7.11 Å². The molecule has 0 aliphatic carbocycles. The lowest BCUT2D eigenvalue weighted by Gasteiger charge is -2.14. The van der Waals surface area contributed by atoms with E-state index in [1.54, 1.807) is 26.2 Å². The smallest absolute Gasteiger partial charge is 0.347 e. The fourth-order valence-electron chi connectivity index (χ4n) is 2.22. The molecule has 0 saturated heterocycles. The number of esters is 1. The van der Waals surface area contributed by atoms with E-state index < -0.39 is 18.0 Å². The van der Waals surface area contributed by atoms with Gasteiger partial charge in [-0.15, -0.1) is 0 Å². The fourth-order valence-corrected chi connectivity index (χ4v) is 2.22. The first-order valence-corrected chi connectivity index (χ1v) is 8.28. The number of carbonyl (C=O) groups excluding carboxylic acids is 2. The van der Waals surface area contributed by atoms with Crippen molar-refractivity contribution in [1.82, 2.24) is 5.32 Å². The normalized spacial score (nSPS) is 11.3. The number of amides is 1. The standard InChI is InChI=1S/C20H23NO5/c1-14-8-10-17(11-9-14)26-15(2)20(23)25-13-19(22)21-12-16-6-4-5-7-18(16)24-3/h4-11,15H,12-13H2,1-3H3,(H,21,22). The molecule has 1 N–H and O–H groups in total. The van der Waals surface area contributed by atoms with Gasteiger partial charge < -0.3 is 19.5 Å². The lowest BCUT2D eigenvalue weighted by molar-refractivity contribution is -0.154.